The second-order valence-electron chi connectivity index (χ2n) is 3.28. The summed E-state index contributed by atoms with van der Waals surface area (Å²) in [6.45, 7) is 1.64. The Kier molecular flexibility index (Phi) is 3.70. The van der Waals surface area contributed by atoms with E-state index in [-0.39, 0.29) is 5.02 Å². The number of nitrogens with one attached hydrogen (secondary N) is 1. The summed E-state index contributed by atoms with van der Waals surface area (Å²) in [5.74, 6) is -0.449. The molecule has 0 heterocycles. The topological polar surface area (TPSA) is 46.2 Å². The van der Waals surface area contributed by atoms with E-state index in [1.165, 1.54) is 12.1 Å². The van der Waals surface area contributed by atoms with Gasteiger partial charge in [0.05, 0.1) is 6.26 Å². The lowest BCUT2D eigenvalue weighted by molar-refractivity contribution is 0.572. The SMILES string of the molecule is CC(NS(C)(=O)=O)c1ccc(F)cc1Cl. The van der Waals surface area contributed by atoms with Gasteiger partial charge in [0, 0.05) is 11.1 Å². The van der Waals surface area contributed by atoms with Gasteiger partial charge in [-0.2, -0.15) is 0 Å². The molecular formula is C9H11ClFNO2S. The van der Waals surface area contributed by atoms with Crippen LogP contribution in [0.4, 0.5) is 4.39 Å². The molecule has 1 aromatic carbocycles. The molecule has 0 aliphatic carbocycles. The predicted octanol–water partition coefficient (Wildman–Crippen LogP) is 2.09. The van der Waals surface area contributed by atoms with Crippen LogP contribution in [0.15, 0.2) is 18.2 Å². The average molecular weight is 252 g/mol. The maximum atomic E-state index is 12.7. The zero-order valence-corrected chi connectivity index (χ0v) is 9.86. The van der Waals surface area contributed by atoms with Crippen molar-refractivity contribution < 1.29 is 12.8 Å². The van der Waals surface area contributed by atoms with Crippen molar-refractivity contribution in [2.24, 2.45) is 0 Å². The first-order valence-electron chi connectivity index (χ1n) is 4.22. The molecule has 0 radical (unpaired) electrons. The molecule has 6 heteroatoms. The highest BCUT2D eigenvalue weighted by Crippen LogP contribution is 2.23. The number of halogens is 2. The molecule has 0 spiro atoms. The van der Waals surface area contributed by atoms with Crippen molar-refractivity contribution >= 4 is 21.6 Å². The predicted molar refractivity (Wildman–Crippen MR) is 57.8 cm³/mol. The Morgan fingerprint density at radius 2 is 2.07 bits per heavy atom. The molecule has 1 atom stereocenters. The minimum atomic E-state index is -3.30. The molecule has 3 nitrogen and oxygen atoms in total. The van der Waals surface area contributed by atoms with Gasteiger partial charge in [0.1, 0.15) is 5.82 Å². The highest BCUT2D eigenvalue weighted by Gasteiger charge is 2.13. The Hall–Kier alpha value is -0.650. The quantitative estimate of drug-likeness (QED) is 0.894. The molecule has 1 unspecified atom stereocenters. The number of hydrogen-bond donors (Lipinski definition) is 1. The number of rotatable bonds is 3. The van der Waals surface area contributed by atoms with Crippen LogP contribution in [0, 0.1) is 5.82 Å². The fourth-order valence-electron chi connectivity index (χ4n) is 1.24. The second-order valence-corrected chi connectivity index (χ2v) is 5.46. The van der Waals surface area contributed by atoms with E-state index in [4.69, 9.17) is 11.6 Å². The molecule has 15 heavy (non-hydrogen) atoms. The van der Waals surface area contributed by atoms with Crippen LogP contribution in [0.2, 0.25) is 5.02 Å². The Labute approximate surface area is 93.3 Å². The van der Waals surface area contributed by atoms with Crippen molar-refractivity contribution in [2.75, 3.05) is 6.26 Å². The summed E-state index contributed by atoms with van der Waals surface area (Å²) >= 11 is 5.78. The van der Waals surface area contributed by atoms with Gasteiger partial charge in [-0.15, -0.1) is 0 Å². The molecule has 0 saturated heterocycles. The second kappa shape index (κ2) is 4.47. The van der Waals surface area contributed by atoms with Crippen LogP contribution in [0.25, 0.3) is 0 Å². The summed E-state index contributed by atoms with van der Waals surface area (Å²) in [5.41, 5.74) is 0.545. The van der Waals surface area contributed by atoms with Gasteiger partial charge in [-0.3, -0.25) is 0 Å². The average Bonchev–Trinajstić information content (AvgIpc) is 1.99. The molecule has 0 amide bonds. The Morgan fingerprint density at radius 1 is 1.47 bits per heavy atom. The third-order valence-corrected chi connectivity index (χ3v) is 2.93. The first-order valence-corrected chi connectivity index (χ1v) is 6.49. The third-order valence-electron chi connectivity index (χ3n) is 1.82. The smallest absolute Gasteiger partial charge is 0.209 e. The van der Waals surface area contributed by atoms with Gasteiger partial charge in [-0.1, -0.05) is 17.7 Å². The van der Waals surface area contributed by atoms with Crippen LogP contribution in [-0.4, -0.2) is 14.7 Å². The fraction of sp³-hybridized carbons (Fsp3) is 0.333. The van der Waals surface area contributed by atoms with Crippen molar-refractivity contribution in [2.45, 2.75) is 13.0 Å². The molecular weight excluding hydrogens is 241 g/mol. The van der Waals surface area contributed by atoms with Gasteiger partial charge in [-0.25, -0.2) is 17.5 Å². The van der Waals surface area contributed by atoms with Crippen molar-refractivity contribution in [3.63, 3.8) is 0 Å². The molecule has 1 aromatic rings. The summed E-state index contributed by atoms with van der Waals surface area (Å²) in [6.07, 6.45) is 1.06. The number of benzene rings is 1. The maximum absolute atomic E-state index is 12.7. The zero-order chi connectivity index (χ0) is 11.6. The van der Waals surface area contributed by atoms with Crippen LogP contribution in [0.3, 0.4) is 0 Å². The Morgan fingerprint density at radius 3 is 2.53 bits per heavy atom. The number of sulfonamides is 1. The Balaban J connectivity index is 2.97. The molecule has 0 fully saturated rings. The van der Waals surface area contributed by atoms with Gasteiger partial charge in [0.2, 0.25) is 10.0 Å². The lowest BCUT2D eigenvalue weighted by Gasteiger charge is -2.13. The van der Waals surface area contributed by atoms with E-state index in [9.17, 15) is 12.8 Å². The first-order chi connectivity index (χ1) is 6.79. The van der Waals surface area contributed by atoms with Crippen LogP contribution >= 0.6 is 11.6 Å². The van der Waals surface area contributed by atoms with Crippen LogP contribution in [0.5, 0.6) is 0 Å². The largest absolute Gasteiger partial charge is 0.213 e. The monoisotopic (exact) mass is 251 g/mol. The highest BCUT2D eigenvalue weighted by atomic mass is 35.5. The van der Waals surface area contributed by atoms with Gasteiger partial charge >= 0.3 is 0 Å². The van der Waals surface area contributed by atoms with Crippen molar-refractivity contribution in [3.05, 3.63) is 34.6 Å². The molecule has 84 valence electrons. The first kappa shape index (κ1) is 12.4. The van der Waals surface area contributed by atoms with Gasteiger partial charge in [0.15, 0.2) is 0 Å². The lowest BCUT2D eigenvalue weighted by Crippen LogP contribution is -2.25. The molecule has 1 N–H and O–H groups in total. The van der Waals surface area contributed by atoms with Gasteiger partial charge in [0.25, 0.3) is 0 Å². The van der Waals surface area contributed by atoms with E-state index in [0.29, 0.717) is 5.56 Å². The van der Waals surface area contributed by atoms with Crippen LogP contribution < -0.4 is 4.72 Å². The summed E-state index contributed by atoms with van der Waals surface area (Å²) in [4.78, 5) is 0. The highest BCUT2D eigenvalue weighted by molar-refractivity contribution is 7.88. The summed E-state index contributed by atoms with van der Waals surface area (Å²) in [6, 6.07) is 3.37. The van der Waals surface area contributed by atoms with Crippen molar-refractivity contribution in [3.8, 4) is 0 Å². The third kappa shape index (κ3) is 3.77. The molecule has 0 aliphatic rings. The van der Waals surface area contributed by atoms with E-state index in [1.807, 2.05) is 0 Å². The van der Waals surface area contributed by atoms with E-state index < -0.39 is 21.9 Å². The maximum Gasteiger partial charge on any atom is 0.209 e. The molecule has 0 saturated carbocycles. The van der Waals surface area contributed by atoms with Gasteiger partial charge in [-0.05, 0) is 24.6 Å². The molecule has 0 bridgehead atoms. The zero-order valence-electron chi connectivity index (χ0n) is 8.29. The van der Waals surface area contributed by atoms with E-state index in [0.717, 1.165) is 12.3 Å². The lowest BCUT2D eigenvalue weighted by atomic mass is 10.1. The fourth-order valence-corrected chi connectivity index (χ4v) is 2.34. The molecule has 0 aromatic heterocycles. The van der Waals surface area contributed by atoms with Crippen LogP contribution in [-0.2, 0) is 10.0 Å². The summed E-state index contributed by atoms with van der Waals surface area (Å²) in [5, 5.41) is 0.207. The van der Waals surface area contributed by atoms with E-state index in [1.54, 1.807) is 6.92 Å². The molecule has 0 aliphatic heterocycles. The Bertz CT molecular complexity index is 461. The minimum absolute atomic E-state index is 0.207. The minimum Gasteiger partial charge on any atom is -0.213 e. The normalized spacial score (nSPS) is 13.9. The summed E-state index contributed by atoms with van der Waals surface area (Å²) in [7, 11) is -3.30. The van der Waals surface area contributed by atoms with Gasteiger partial charge < -0.3 is 0 Å². The standard InChI is InChI=1S/C9H11ClFNO2S/c1-6(12-15(2,13)14)8-4-3-7(11)5-9(8)10/h3-6,12H,1-2H3. The van der Waals surface area contributed by atoms with Crippen molar-refractivity contribution in [1.29, 1.82) is 0 Å². The summed E-state index contributed by atoms with van der Waals surface area (Å²) < 4.78 is 37.0. The van der Waals surface area contributed by atoms with Crippen LogP contribution in [0.1, 0.15) is 18.5 Å². The van der Waals surface area contributed by atoms with E-state index >= 15 is 0 Å². The number of hydrogen-bond acceptors (Lipinski definition) is 2. The molecule has 1 rings (SSSR count). The van der Waals surface area contributed by atoms with E-state index in [2.05, 4.69) is 4.72 Å². The van der Waals surface area contributed by atoms with Crippen molar-refractivity contribution in [1.82, 2.24) is 4.72 Å².